The highest BCUT2D eigenvalue weighted by Crippen LogP contribution is 2.74. The molecule has 8 heteroatoms. The second-order valence-corrected chi connectivity index (χ2v) is 16.6. The van der Waals surface area contributed by atoms with Crippen molar-refractivity contribution >= 4 is 19.4 Å². The van der Waals surface area contributed by atoms with Crippen LogP contribution in [0.3, 0.4) is 0 Å². The fourth-order valence-corrected chi connectivity index (χ4v) is 10.6. The maximum absolute atomic E-state index is 14.4. The number of carbonyl (C=O) groups is 2. The van der Waals surface area contributed by atoms with Crippen molar-refractivity contribution in [1.82, 2.24) is 0 Å². The average molecular weight is 558 g/mol. The Morgan fingerprint density at radius 1 is 1.03 bits per heavy atom. The highest BCUT2D eigenvalue weighted by molar-refractivity contribution is 7.46. The molecule has 0 aliphatic heterocycles. The normalized spacial score (nSPS) is 44.6. The maximum atomic E-state index is 14.4. The molecule has 0 aromatic rings. The van der Waals surface area contributed by atoms with E-state index in [1.807, 2.05) is 26.0 Å². The van der Waals surface area contributed by atoms with Gasteiger partial charge in [-0.05, 0) is 84.5 Å². The van der Waals surface area contributed by atoms with Crippen molar-refractivity contribution in [3.63, 3.8) is 0 Å². The Morgan fingerprint density at radius 2 is 1.67 bits per heavy atom. The molecule has 0 aromatic carbocycles. The average Bonchev–Trinajstić information content (AvgIpc) is 2.81. The summed E-state index contributed by atoms with van der Waals surface area (Å²) < 4.78 is 17.0. The van der Waals surface area contributed by atoms with Crippen LogP contribution in [0.2, 0.25) is 0 Å². The summed E-state index contributed by atoms with van der Waals surface area (Å²) in [7, 11) is -4.65. The number of hydrogen-bond donors (Lipinski definition) is 2. The topological polar surface area (TPSA) is 125 Å². The van der Waals surface area contributed by atoms with Crippen LogP contribution in [0.4, 0.5) is 0 Å². The third kappa shape index (κ3) is 3.96. The second-order valence-electron chi connectivity index (χ2n) is 15.4. The molecular formula is C31H44NO6P. The number of ketones is 2. The molecular weight excluding hydrogens is 513 g/mol. The van der Waals surface area contributed by atoms with Crippen LogP contribution < -0.4 is 0 Å². The lowest BCUT2D eigenvalue weighted by atomic mass is 9.34. The van der Waals surface area contributed by atoms with Crippen LogP contribution in [0.5, 0.6) is 0 Å². The third-order valence-electron chi connectivity index (χ3n) is 12.6. The largest absolute Gasteiger partial charge is 0.469 e. The Labute approximate surface area is 232 Å². The fourth-order valence-electron chi connectivity index (χ4n) is 10.2. The quantitative estimate of drug-likeness (QED) is 0.389. The van der Waals surface area contributed by atoms with E-state index in [0.29, 0.717) is 0 Å². The minimum absolute atomic E-state index is 0.00479. The summed E-state index contributed by atoms with van der Waals surface area (Å²) in [5.41, 5.74) is -1.16. The van der Waals surface area contributed by atoms with Gasteiger partial charge < -0.3 is 9.79 Å². The molecule has 3 saturated carbocycles. The summed E-state index contributed by atoms with van der Waals surface area (Å²) in [6.45, 7) is 15.0. The first kappa shape index (κ1) is 28.9. The van der Waals surface area contributed by atoms with Crippen LogP contribution in [-0.4, -0.2) is 28.0 Å². The molecule has 5 aliphatic carbocycles. The van der Waals surface area contributed by atoms with Crippen LogP contribution in [-0.2, 0) is 18.7 Å². The molecule has 0 saturated heterocycles. The Balaban J connectivity index is 1.66. The number of phosphoric acid groups is 1. The van der Waals surface area contributed by atoms with Crippen LogP contribution in [0.25, 0.3) is 0 Å². The number of phosphoric ester groups is 1. The molecule has 2 N–H and O–H groups in total. The molecule has 3 fully saturated rings. The smallest absolute Gasteiger partial charge is 0.303 e. The van der Waals surface area contributed by atoms with E-state index in [1.54, 1.807) is 0 Å². The van der Waals surface area contributed by atoms with E-state index < -0.39 is 24.1 Å². The van der Waals surface area contributed by atoms with Crippen molar-refractivity contribution in [3.05, 3.63) is 23.3 Å². The molecule has 0 amide bonds. The molecule has 0 unspecified atom stereocenters. The molecule has 0 spiro atoms. The molecule has 5 aliphatic rings. The van der Waals surface area contributed by atoms with Crippen molar-refractivity contribution in [1.29, 1.82) is 5.26 Å². The molecule has 0 heterocycles. The van der Waals surface area contributed by atoms with Crippen LogP contribution in [0, 0.1) is 61.6 Å². The lowest BCUT2D eigenvalue weighted by Gasteiger charge is -2.69. The van der Waals surface area contributed by atoms with E-state index in [1.165, 1.54) is 0 Å². The zero-order chi connectivity index (χ0) is 29.0. The van der Waals surface area contributed by atoms with E-state index in [4.69, 9.17) is 4.52 Å². The van der Waals surface area contributed by atoms with E-state index in [9.17, 15) is 29.2 Å². The molecule has 0 radical (unpaired) electrons. The summed E-state index contributed by atoms with van der Waals surface area (Å²) in [6.07, 6.45) is 9.43. The Hall–Kier alpha value is -1.58. The SMILES string of the molecule is CC1(C)CC[C@]2(COP(=O)(O)O)CC[C@]3(C)[C@H](C(=O)C=C4[C@@]5(C)C=C(C#N)C(=O)C(C)(C)[C@@H]5CC[C@]43C)[C@@H]2C1. The first-order valence-electron chi connectivity index (χ1n) is 14.4. The van der Waals surface area contributed by atoms with Gasteiger partial charge in [-0.1, -0.05) is 60.1 Å². The van der Waals surface area contributed by atoms with Crippen molar-refractivity contribution in [2.24, 2.45) is 50.2 Å². The summed E-state index contributed by atoms with van der Waals surface area (Å²) in [5, 5.41) is 9.87. The number of carbonyl (C=O) groups excluding carboxylic acids is 2. The minimum Gasteiger partial charge on any atom is -0.303 e. The standard InChI is InChI=1S/C31H44NO6P/c1-26(2)10-12-31(18-38-39(35,36)37)13-11-30(7)24(20(31)16-26)21(33)14-23-28(5)15-19(17-32)25(34)27(3,4)22(28)8-9-29(23,30)6/h14-15,20,22,24H,8-13,16,18H2,1-7H3,(H2,35,36,37)/t20-,22-,24-,28-,29+,30+,31+/m0/s1. The summed E-state index contributed by atoms with van der Waals surface area (Å²) in [4.78, 5) is 46.8. The van der Waals surface area contributed by atoms with E-state index in [-0.39, 0.29) is 57.7 Å². The van der Waals surface area contributed by atoms with Crippen molar-refractivity contribution < 1.29 is 28.5 Å². The second kappa shape index (κ2) is 8.48. The van der Waals surface area contributed by atoms with Crippen molar-refractivity contribution in [2.45, 2.75) is 93.4 Å². The Morgan fingerprint density at radius 3 is 2.28 bits per heavy atom. The van der Waals surface area contributed by atoms with Gasteiger partial charge >= 0.3 is 7.82 Å². The third-order valence-corrected chi connectivity index (χ3v) is 13.0. The van der Waals surface area contributed by atoms with Gasteiger partial charge in [0.15, 0.2) is 11.6 Å². The molecule has 7 nitrogen and oxygen atoms in total. The first-order valence-corrected chi connectivity index (χ1v) is 15.9. The number of nitriles is 1. The number of hydrogen-bond acceptors (Lipinski definition) is 5. The monoisotopic (exact) mass is 557 g/mol. The van der Waals surface area contributed by atoms with Gasteiger partial charge in [0.1, 0.15) is 6.07 Å². The summed E-state index contributed by atoms with van der Waals surface area (Å²) >= 11 is 0. The van der Waals surface area contributed by atoms with Crippen molar-refractivity contribution in [2.75, 3.05) is 6.61 Å². The predicted molar refractivity (Wildman–Crippen MR) is 147 cm³/mol. The first-order chi connectivity index (χ1) is 17.8. The van der Waals surface area contributed by atoms with Gasteiger partial charge in [0.25, 0.3) is 0 Å². The number of rotatable bonds is 3. The predicted octanol–water partition coefficient (Wildman–Crippen LogP) is 6.32. The van der Waals surface area contributed by atoms with Crippen LogP contribution >= 0.6 is 7.82 Å². The van der Waals surface area contributed by atoms with Gasteiger partial charge in [0.2, 0.25) is 0 Å². The van der Waals surface area contributed by atoms with E-state index in [0.717, 1.165) is 50.5 Å². The van der Waals surface area contributed by atoms with Crippen molar-refractivity contribution in [3.8, 4) is 6.07 Å². The van der Waals surface area contributed by atoms with Crippen LogP contribution in [0.1, 0.15) is 93.4 Å². The van der Waals surface area contributed by atoms with Gasteiger partial charge in [-0.25, -0.2) is 4.57 Å². The zero-order valence-corrected chi connectivity index (χ0v) is 25.4. The van der Waals surface area contributed by atoms with Gasteiger partial charge in [-0.15, -0.1) is 0 Å². The van der Waals surface area contributed by atoms with Gasteiger partial charge in [-0.3, -0.25) is 14.1 Å². The maximum Gasteiger partial charge on any atom is 0.469 e. The lowest BCUT2D eigenvalue weighted by Crippen LogP contribution is -2.65. The Kier molecular flexibility index (Phi) is 6.29. The van der Waals surface area contributed by atoms with Gasteiger partial charge in [-0.2, -0.15) is 5.26 Å². The number of allylic oxidation sites excluding steroid dienone is 4. The minimum atomic E-state index is -4.65. The van der Waals surface area contributed by atoms with Crippen LogP contribution in [0.15, 0.2) is 23.3 Å². The summed E-state index contributed by atoms with van der Waals surface area (Å²) in [6, 6.07) is 2.15. The number of nitrogens with zero attached hydrogens (tertiary/aromatic N) is 1. The molecule has 214 valence electrons. The van der Waals surface area contributed by atoms with Gasteiger partial charge in [0, 0.05) is 16.7 Å². The highest BCUT2D eigenvalue weighted by atomic mass is 31.2. The molecule has 0 bridgehead atoms. The number of fused-ring (bicyclic) bond motifs is 7. The van der Waals surface area contributed by atoms with E-state index >= 15 is 0 Å². The molecule has 5 rings (SSSR count). The summed E-state index contributed by atoms with van der Waals surface area (Å²) in [5.74, 6) is -0.363. The van der Waals surface area contributed by atoms with Gasteiger partial charge in [0.05, 0.1) is 12.2 Å². The fraction of sp³-hybridized carbons (Fsp3) is 0.774. The Bertz CT molecular complexity index is 1280. The highest BCUT2D eigenvalue weighted by Gasteiger charge is 2.69. The molecule has 39 heavy (non-hydrogen) atoms. The zero-order valence-electron chi connectivity index (χ0n) is 24.5. The van der Waals surface area contributed by atoms with E-state index in [2.05, 4.69) is 40.7 Å². The molecule has 7 atom stereocenters. The number of Topliss-reactive ketones (excluding diaryl/α,β-unsaturated/α-hetero) is 1. The molecule has 0 aromatic heterocycles. The lowest BCUT2D eigenvalue weighted by molar-refractivity contribution is -0.176.